The molecule has 2 heterocycles. The molecular weight excluding hydrogens is 250 g/mol. The number of ether oxygens (including phenoxy) is 1. The molecule has 2 rings (SSSR count). The molecule has 0 aliphatic heterocycles. The van der Waals surface area contributed by atoms with Crippen molar-refractivity contribution in [2.75, 3.05) is 7.11 Å². The first kappa shape index (κ1) is 12.7. The average molecular weight is 263 g/mol. The van der Waals surface area contributed by atoms with Gasteiger partial charge in [0.05, 0.1) is 4.88 Å². The monoisotopic (exact) mass is 263 g/mol. The minimum Gasteiger partial charge on any atom is -0.373 e. The number of hydrogen-bond acceptors (Lipinski definition) is 6. The molecule has 0 aliphatic carbocycles. The third-order valence-electron chi connectivity index (χ3n) is 2.49. The van der Waals surface area contributed by atoms with Gasteiger partial charge in [-0.1, -0.05) is 18.5 Å². The third kappa shape index (κ3) is 2.58. The van der Waals surface area contributed by atoms with E-state index in [2.05, 4.69) is 23.1 Å². The van der Waals surface area contributed by atoms with Crippen LogP contribution in [0.15, 0.2) is 16.7 Å². The normalized spacial score (nSPS) is 12.3. The fraction of sp³-hybridized carbons (Fsp3) is 0.417. The summed E-state index contributed by atoms with van der Waals surface area (Å²) in [5.41, 5.74) is 0. The number of nitriles is 1. The van der Waals surface area contributed by atoms with Gasteiger partial charge in [0.15, 0.2) is 0 Å². The van der Waals surface area contributed by atoms with Gasteiger partial charge in [-0.25, -0.2) is 0 Å². The summed E-state index contributed by atoms with van der Waals surface area (Å²) in [6.45, 7) is 2.07. The molecular formula is C12H13N3O2S. The number of thiophene rings is 1. The summed E-state index contributed by atoms with van der Waals surface area (Å²) in [5.74, 6) is 0.996. The Morgan fingerprint density at radius 2 is 2.39 bits per heavy atom. The molecule has 0 bridgehead atoms. The van der Waals surface area contributed by atoms with E-state index in [4.69, 9.17) is 14.5 Å². The van der Waals surface area contributed by atoms with Crippen molar-refractivity contribution in [1.29, 1.82) is 5.26 Å². The van der Waals surface area contributed by atoms with Crippen LogP contribution in [-0.2, 0) is 4.74 Å². The van der Waals surface area contributed by atoms with Crippen LogP contribution in [0.4, 0.5) is 0 Å². The van der Waals surface area contributed by atoms with Crippen LogP contribution in [0.1, 0.15) is 36.6 Å². The van der Waals surface area contributed by atoms with Crippen molar-refractivity contribution in [2.45, 2.75) is 25.9 Å². The molecule has 0 N–H and O–H groups in total. The fourth-order valence-electron chi connectivity index (χ4n) is 1.59. The van der Waals surface area contributed by atoms with Crippen molar-refractivity contribution >= 4 is 11.3 Å². The van der Waals surface area contributed by atoms with Gasteiger partial charge < -0.3 is 9.26 Å². The number of methoxy groups -OCH3 is 1. The topological polar surface area (TPSA) is 71.9 Å². The molecule has 5 nitrogen and oxygen atoms in total. The van der Waals surface area contributed by atoms with Crippen molar-refractivity contribution in [3.63, 3.8) is 0 Å². The number of rotatable bonds is 5. The lowest BCUT2D eigenvalue weighted by molar-refractivity contribution is 0.0854. The van der Waals surface area contributed by atoms with E-state index in [0.717, 1.165) is 17.7 Å². The van der Waals surface area contributed by atoms with E-state index in [1.165, 1.54) is 11.3 Å². The minimum atomic E-state index is -0.136. The lowest BCUT2D eigenvalue weighted by Gasteiger charge is -2.08. The molecule has 0 aromatic carbocycles. The Kier molecular flexibility index (Phi) is 4.07. The van der Waals surface area contributed by atoms with Gasteiger partial charge in [0, 0.05) is 7.11 Å². The smallest absolute Gasteiger partial charge is 0.268 e. The van der Waals surface area contributed by atoms with Crippen LogP contribution in [0.2, 0.25) is 0 Å². The molecule has 1 atom stereocenters. The molecule has 0 spiro atoms. The molecule has 0 aliphatic rings. The van der Waals surface area contributed by atoms with E-state index in [9.17, 15) is 0 Å². The third-order valence-corrected chi connectivity index (χ3v) is 3.47. The fourth-order valence-corrected chi connectivity index (χ4v) is 2.32. The summed E-state index contributed by atoms with van der Waals surface area (Å²) in [6.07, 6.45) is 1.70. The second-order valence-electron chi connectivity index (χ2n) is 3.75. The van der Waals surface area contributed by atoms with Crippen molar-refractivity contribution in [3.8, 4) is 16.8 Å². The zero-order chi connectivity index (χ0) is 13.0. The van der Waals surface area contributed by atoms with Crippen LogP contribution in [0.5, 0.6) is 0 Å². The van der Waals surface area contributed by atoms with Crippen molar-refractivity contribution in [3.05, 3.63) is 22.8 Å². The van der Waals surface area contributed by atoms with E-state index in [-0.39, 0.29) is 6.10 Å². The quantitative estimate of drug-likeness (QED) is 0.828. The Labute approximate surface area is 109 Å². The standard InChI is InChI=1S/C12H13N3O2S/c1-3-4-9(16-2)11-14-12(17-15-11)10-6-5-8(7-13)18-10/h5-6,9H,3-4H2,1-2H3. The van der Waals surface area contributed by atoms with Gasteiger partial charge in [0.1, 0.15) is 17.1 Å². The van der Waals surface area contributed by atoms with Crippen LogP contribution in [0.3, 0.4) is 0 Å². The highest BCUT2D eigenvalue weighted by Gasteiger charge is 2.18. The first-order valence-corrected chi connectivity index (χ1v) is 6.46. The second kappa shape index (κ2) is 5.76. The SMILES string of the molecule is CCCC(OC)c1noc(-c2ccc(C#N)s2)n1. The molecule has 0 fully saturated rings. The van der Waals surface area contributed by atoms with E-state index in [1.807, 2.05) is 6.07 Å². The number of aromatic nitrogens is 2. The van der Waals surface area contributed by atoms with Gasteiger partial charge in [-0.3, -0.25) is 0 Å². The van der Waals surface area contributed by atoms with E-state index >= 15 is 0 Å². The summed E-state index contributed by atoms with van der Waals surface area (Å²) in [6, 6.07) is 5.63. The summed E-state index contributed by atoms with van der Waals surface area (Å²) < 4.78 is 10.5. The van der Waals surface area contributed by atoms with E-state index < -0.39 is 0 Å². The van der Waals surface area contributed by atoms with Crippen LogP contribution in [0.25, 0.3) is 10.8 Å². The first-order chi connectivity index (χ1) is 8.78. The van der Waals surface area contributed by atoms with Crippen molar-refractivity contribution < 1.29 is 9.26 Å². The molecule has 0 radical (unpaired) electrons. The van der Waals surface area contributed by atoms with E-state index in [0.29, 0.717) is 16.6 Å². The highest BCUT2D eigenvalue weighted by molar-refractivity contribution is 7.15. The van der Waals surface area contributed by atoms with Gasteiger partial charge >= 0.3 is 0 Å². The second-order valence-corrected chi connectivity index (χ2v) is 4.83. The molecule has 2 aromatic heterocycles. The summed E-state index contributed by atoms with van der Waals surface area (Å²) in [7, 11) is 1.63. The van der Waals surface area contributed by atoms with Gasteiger partial charge in [0.25, 0.3) is 5.89 Å². The van der Waals surface area contributed by atoms with E-state index in [1.54, 1.807) is 13.2 Å². The molecule has 18 heavy (non-hydrogen) atoms. The Morgan fingerprint density at radius 3 is 3.00 bits per heavy atom. The Balaban J connectivity index is 2.22. The van der Waals surface area contributed by atoms with Gasteiger partial charge in [-0.2, -0.15) is 10.2 Å². The molecule has 1 unspecified atom stereocenters. The summed E-state index contributed by atoms with van der Waals surface area (Å²) >= 11 is 1.33. The highest BCUT2D eigenvalue weighted by Crippen LogP contribution is 2.28. The van der Waals surface area contributed by atoms with Crippen LogP contribution in [0, 0.1) is 11.3 Å². The van der Waals surface area contributed by atoms with Gasteiger partial charge in [0.2, 0.25) is 5.82 Å². The predicted octanol–water partition coefficient (Wildman–Crippen LogP) is 3.16. The molecule has 2 aromatic rings. The first-order valence-electron chi connectivity index (χ1n) is 5.65. The molecule has 6 heteroatoms. The maximum Gasteiger partial charge on any atom is 0.268 e. The number of nitrogens with zero attached hydrogens (tertiary/aromatic N) is 3. The largest absolute Gasteiger partial charge is 0.373 e. The lowest BCUT2D eigenvalue weighted by Crippen LogP contribution is -2.02. The zero-order valence-electron chi connectivity index (χ0n) is 10.2. The minimum absolute atomic E-state index is 0.136. The average Bonchev–Trinajstić information content (AvgIpc) is 3.03. The molecule has 0 saturated heterocycles. The predicted molar refractivity (Wildman–Crippen MR) is 67.0 cm³/mol. The van der Waals surface area contributed by atoms with Gasteiger partial charge in [-0.05, 0) is 18.6 Å². The molecule has 0 amide bonds. The Morgan fingerprint density at radius 1 is 1.56 bits per heavy atom. The maximum atomic E-state index is 8.77. The van der Waals surface area contributed by atoms with Crippen molar-refractivity contribution in [1.82, 2.24) is 10.1 Å². The highest BCUT2D eigenvalue weighted by atomic mass is 32.1. The lowest BCUT2D eigenvalue weighted by atomic mass is 10.2. The summed E-state index contributed by atoms with van der Waals surface area (Å²) in [5, 5.41) is 12.7. The van der Waals surface area contributed by atoms with Crippen LogP contribution < -0.4 is 0 Å². The molecule has 94 valence electrons. The van der Waals surface area contributed by atoms with Crippen LogP contribution in [-0.4, -0.2) is 17.3 Å². The Hall–Kier alpha value is -1.71. The molecule has 0 saturated carbocycles. The summed E-state index contributed by atoms with van der Waals surface area (Å²) in [4.78, 5) is 5.75. The Bertz CT molecular complexity index is 556. The maximum absolute atomic E-state index is 8.77. The number of hydrogen-bond donors (Lipinski definition) is 0. The zero-order valence-corrected chi connectivity index (χ0v) is 11.0. The van der Waals surface area contributed by atoms with Crippen molar-refractivity contribution in [2.24, 2.45) is 0 Å². The van der Waals surface area contributed by atoms with Gasteiger partial charge in [-0.15, -0.1) is 11.3 Å². The van der Waals surface area contributed by atoms with Crippen LogP contribution >= 0.6 is 11.3 Å².